The van der Waals surface area contributed by atoms with Crippen LogP contribution in [0.5, 0.6) is 0 Å². The zero-order chi connectivity index (χ0) is 13.2. The summed E-state index contributed by atoms with van der Waals surface area (Å²) in [6.07, 6.45) is 1.07. The van der Waals surface area contributed by atoms with Gasteiger partial charge in [0.15, 0.2) is 0 Å². The van der Waals surface area contributed by atoms with Crippen molar-refractivity contribution in [3.63, 3.8) is 0 Å². The van der Waals surface area contributed by atoms with Crippen LogP contribution in [-0.4, -0.2) is 23.2 Å². The molecular formula is C15H17N3O. The molecule has 4 nitrogen and oxygen atoms in total. The van der Waals surface area contributed by atoms with Crippen molar-refractivity contribution >= 4 is 5.57 Å². The molecule has 0 radical (unpaired) electrons. The molecule has 1 fully saturated rings. The van der Waals surface area contributed by atoms with Gasteiger partial charge in [-0.2, -0.15) is 4.98 Å². The average molecular weight is 255 g/mol. The molecule has 19 heavy (non-hydrogen) atoms. The van der Waals surface area contributed by atoms with Crippen LogP contribution in [0.4, 0.5) is 0 Å². The molecule has 0 amide bonds. The third-order valence-corrected chi connectivity index (χ3v) is 3.49. The Bertz CT molecular complexity index is 580. The predicted molar refractivity (Wildman–Crippen MR) is 74.7 cm³/mol. The molecule has 1 aromatic carbocycles. The van der Waals surface area contributed by atoms with Gasteiger partial charge in [-0.25, -0.2) is 0 Å². The van der Waals surface area contributed by atoms with Gasteiger partial charge in [-0.3, -0.25) is 0 Å². The van der Waals surface area contributed by atoms with E-state index in [0.717, 1.165) is 42.1 Å². The smallest absolute Gasteiger partial charge is 0.231 e. The molecule has 1 atom stereocenters. The summed E-state index contributed by atoms with van der Waals surface area (Å²) in [7, 11) is 0. The monoisotopic (exact) mass is 255 g/mol. The molecule has 1 aliphatic rings. The van der Waals surface area contributed by atoms with Crippen molar-refractivity contribution in [1.29, 1.82) is 0 Å². The van der Waals surface area contributed by atoms with Gasteiger partial charge in [0.2, 0.25) is 11.7 Å². The SMILES string of the molecule is C=C(C)c1ccc(-c2noc(C3CCNC3)n2)cc1. The third kappa shape index (κ3) is 2.44. The second kappa shape index (κ2) is 4.97. The summed E-state index contributed by atoms with van der Waals surface area (Å²) < 4.78 is 5.36. The number of aromatic nitrogens is 2. The number of hydrogen-bond acceptors (Lipinski definition) is 4. The van der Waals surface area contributed by atoms with Crippen molar-refractivity contribution in [2.24, 2.45) is 0 Å². The van der Waals surface area contributed by atoms with E-state index in [2.05, 4.69) is 22.0 Å². The molecule has 1 saturated heterocycles. The van der Waals surface area contributed by atoms with Crippen LogP contribution in [0.25, 0.3) is 17.0 Å². The molecule has 0 bridgehead atoms. The van der Waals surface area contributed by atoms with Gasteiger partial charge in [0.25, 0.3) is 0 Å². The van der Waals surface area contributed by atoms with Gasteiger partial charge in [-0.05, 0) is 25.5 Å². The molecular weight excluding hydrogens is 238 g/mol. The molecule has 1 N–H and O–H groups in total. The quantitative estimate of drug-likeness (QED) is 0.916. The highest BCUT2D eigenvalue weighted by atomic mass is 16.5. The summed E-state index contributed by atoms with van der Waals surface area (Å²) in [4.78, 5) is 4.50. The van der Waals surface area contributed by atoms with Crippen LogP contribution in [-0.2, 0) is 0 Å². The van der Waals surface area contributed by atoms with Crippen LogP contribution in [0.15, 0.2) is 35.4 Å². The number of allylic oxidation sites excluding steroid dienone is 1. The van der Waals surface area contributed by atoms with Crippen LogP contribution in [0.3, 0.4) is 0 Å². The van der Waals surface area contributed by atoms with E-state index in [1.165, 1.54) is 0 Å². The van der Waals surface area contributed by atoms with Gasteiger partial charge in [-0.15, -0.1) is 0 Å². The van der Waals surface area contributed by atoms with Crippen LogP contribution >= 0.6 is 0 Å². The molecule has 1 unspecified atom stereocenters. The van der Waals surface area contributed by atoms with Crippen molar-refractivity contribution < 1.29 is 4.52 Å². The Morgan fingerprint density at radius 1 is 1.37 bits per heavy atom. The minimum atomic E-state index is 0.357. The summed E-state index contributed by atoms with van der Waals surface area (Å²) in [5.41, 5.74) is 3.16. The van der Waals surface area contributed by atoms with E-state index in [-0.39, 0.29) is 0 Å². The highest BCUT2D eigenvalue weighted by Crippen LogP contribution is 2.24. The maximum Gasteiger partial charge on any atom is 0.231 e. The van der Waals surface area contributed by atoms with Gasteiger partial charge in [0.1, 0.15) is 0 Å². The normalized spacial score (nSPS) is 18.7. The fraction of sp³-hybridized carbons (Fsp3) is 0.333. The zero-order valence-electron chi connectivity index (χ0n) is 11.0. The highest BCUT2D eigenvalue weighted by molar-refractivity contribution is 5.65. The number of rotatable bonds is 3. The first-order valence-electron chi connectivity index (χ1n) is 6.54. The Hall–Kier alpha value is -1.94. The van der Waals surface area contributed by atoms with Gasteiger partial charge in [-0.1, -0.05) is 41.6 Å². The van der Waals surface area contributed by atoms with Crippen molar-refractivity contribution in [2.45, 2.75) is 19.3 Å². The van der Waals surface area contributed by atoms with E-state index in [4.69, 9.17) is 4.52 Å². The number of hydrogen-bond donors (Lipinski definition) is 1. The van der Waals surface area contributed by atoms with Crippen molar-refractivity contribution in [1.82, 2.24) is 15.5 Å². The standard InChI is InChI=1S/C15H17N3O/c1-10(2)11-3-5-12(6-4-11)14-17-15(19-18-14)13-7-8-16-9-13/h3-6,13,16H,1,7-9H2,2H3. The zero-order valence-corrected chi connectivity index (χ0v) is 11.0. The summed E-state index contributed by atoms with van der Waals surface area (Å²) >= 11 is 0. The molecule has 0 spiro atoms. The van der Waals surface area contributed by atoms with Gasteiger partial charge < -0.3 is 9.84 Å². The first-order valence-corrected chi connectivity index (χ1v) is 6.54. The number of benzene rings is 1. The molecule has 1 aliphatic heterocycles. The van der Waals surface area contributed by atoms with Crippen LogP contribution in [0.2, 0.25) is 0 Å². The lowest BCUT2D eigenvalue weighted by Gasteiger charge is -2.00. The van der Waals surface area contributed by atoms with Crippen molar-refractivity contribution in [2.75, 3.05) is 13.1 Å². The van der Waals surface area contributed by atoms with E-state index in [1.54, 1.807) is 0 Å². The Labute approximate surface area is 112 Å². The van der Waals surface area contributed by atoms with Crippen LogP contribution in [0, 0.1) is 0 Å². The Morgan fingerprint density at radius 2 is 2.16 bits per heavy atom. The van der Waals surface area contributed by atoms with Gasteiger partial charge in [0.05, 0.1) is 5.92 Å². The molecule has 2 aromatic rings. The summed E-state index contributed by atoms with van der Waals surface area (Å²) in [5.74, 6) is 1.76. The molecule has 0 saturated carbocycles. The van der Waals surface area contributed by atoms with Crippen LogP contribution < -0.4 is 5.32 Å². The lowest BCUT2D eigenvalue weighted by Crippen LogP contribution is -2.08. The van der Waals surface area contributed by atoms with Crippen molar-refractivity contribution in [3.05, 3.63) is 42.3 Å². The molecule has 2 heterocycles. The predicted octanol–water partition coefficient (Wildman–Crippen LogP) is 2.85. The maximum atomic E-state index is 5.36. The lowest BCUT2D eigenvalue weighted by atomic mass is 10.1. The fourth-order valence-electron chi connectivity index (χ4n) is 2.29. The topological polar surface area (TPSA) is 51.0 Å². The average Bonchev–Trinajstić information content (AvgIpc) is 3.10. The number of nitrogens with one attached hydrogen (secondary N) is 1. The van der Waals surface area contributed by atoms with Crippen LogP contribution in [0.1, 0.15) is 30.7 Å². The molecule has 98 valence electrons. The Balaban J connectivity index is 1.83. The largest absolute Gasteiger partial charge is 0.339 e. The second-order valence-corrected chi connectivity index (χ2v) is 5.00. The minimum Gasteiger partial charge on any atom is -0.339 e. The molecule has 4 heteroatoms. The third-order valence-electron chi connectivity index (χ3n) is 3.49. The summed E-state index contributed by atoms with van der Waals surface area (Å²) in [6, 6.07) is 8.08. The Kier molecular flexibility index (Phi) is 3.17. The van der Waals surface area contributed by atoms with E-state index in [0.29, 0.717) is 11.7 Å². The fourth-order valence-corrected chi connectivity index (χ4v) is 2.29. The molecule has 1 aromatic heterocycles. The van der Waals surface area contributed by atoms with E-state index < -0.39 is 0 Å². The molecule has 3 rings (SSSR count). The summed E-state index contributed by atoms with van der Waals surface area (Å²) in [5, 5.41) is 7.37. The van der Waals surface area contributed by atoms with Gasteiger partial charge >= 0.3 is 0 Å². The summed E-state index contributed by atoms with van der Waals surface area (Å²) in [6.45, 7) is 7.87. The first-order chi connectivity index (χ1) is 9.24. The molecule has 0 aliphatic carbocycles. The number of nitrogens with zero attached hydrogens (tertiary/aromatic N) is 2. The minimum absolute atomic E-state index is 0.357. The van der Waals surface area contributed by atoms with Crippen molar-refractivity contribution in [3.8, 4) is 11.4 Å². The Morgan fingerprint density at radius 3 is 2.79 bits per heavy atom. The second-order valence-electron chi connectivity index (χ2n) is 5.00. The highest BCUT2D eigenvalue weighted by Gasteiger charge is 2.22. The van der Waals surface area contributed by atoms with E-state index >= 15 is 0 Å². The van der Waals surface area contributed by atoms with Gasteiger partial charge in [0, 0.05) is 12.1 Å². The van der Waals surface area contributed by atoms with E-state index in [1.807, 2.05) is 31.2 Å². The first kappa shape index (κ1) is 12.1. The van der Waals surface area contributed by atoms with E-state index in [9.17, 15) is 0 Å². The lowest BCUT2D eigenvalue weighted by molar-refractivity contribution is 0.359. The maximum absolute atomic E-state index is 5.36.